The molecule has 0 radical (unpaired) electrons. The summed E-state index contributed by atoms with van der Waals surface area (Å²) in [5.41, 5.74) is 0.577. The third-order valence-electron chi connectivity index (χ3n) is 2.33. The van der Waals surface area contributed by atoms with E-state index in [-0.39, 0.29) is 17.7 Å². The summed E-state index contributed by atoms with van der Waals surface area (Å²) in [4.78, 5) is 11.8. The van der Waals surface area contributed by atoms with Crippen molar-refractivity contribution in [2.24, 2.45) is 5.92 Å². The minimum Gasteiger partial charge on any atom is -0.508 e. The van der Waals surface area contributed by atoms with E-state index in [0.29, 0.717) is 11.5 Å². The fraction of sp³-hybridized carbons (Fsp3) is 0.462. The number of nitrogens with one attached hydrogen (secondary N) is 1. The third-order valence-corrected chi connectivity index (χ3v) is 2.33. The number of hydrogen-bond donors (Lipinski definition) is 2. The Bertz CT molecular complexity index is 343. The highest BCUT2D eigenvalue weighted by molar-refractivity contribution is 5.94. The van der Waals surface area contributed by atoms with Gasteiger partial charge in [0.1, 0.15) is 5.75 Å². The molecule has 16 heavy (non-hydrogen) atoms. The Balaban J connectivity index is 2.55. The number of rotatable bonds is 4. The van der Waals surface area contributed by atoms with E-state index < -0.39 is 0 Å². The van der Waals surface area contributed by atoms with E-state index in [1.165, 1.54) is 12.1 Å². The van der Waals surface area contributed by atoms with Crippen molar-refractivity contribution in [3.05, 3.63) is 29.8 Å². The Labute approximate surface area is 96.5 Å². The second kappa shape index (κ2) is 5.54. The molecule has 0 aliphatic rings. The van der Waals surface area contributed by atoms with E-state index in [1.807, 2.05) is 6.92 Å². The topological polar surface area (TPSA) is 49.3 Å². The van der Waals surface area contributed by atoms with Crippen LogP contribution >= 0.6 is 0 Å². The van der Waals surface area contributed by atoms with Crippen LogP contribution in [0.1, 0.15) is 37.6 Å². The Hall–Kier alpha value is -1.51. The summed E-state index contributed by atoms with van der Waals surface area (Å²) in [6.45, 7) is 6.25. The van der Waals surface area contributed by atoms with Crippen LogP contribution in [0.2, 0.25) is 0 Å². The average Bonchev–Trinajstić information content (AvgIpc) is 2.16. The van der Waals surface area contributed by atoms with Crippen molar-refractivity contribution >= 4 is 5.91 Å². The van der Waals surface area contributed by atoms with Crippen molar-refractivity contribution < 1.29 is 9.90 Å². The smallest absolute Gasteiger partial charge is 0.251 e. The fourth-order valence-electron chi connectivity index (χ4n) is 1.69. The lowest BCUT2D eigenvalue weighted by molar-refractivity contribution is 0.0936. The number of carbonyl (C=O) groups is 1. The quantitative estimate of drug-likeness (QED) is 0.821. The number of phenolic OH excluding ortho intramolecular Hbond substituents is 1. The van der Waals surface area contributed by atoms with Gasteiger partial charge in [-0.2, -0.15) is 0 Å². The van der Waals surface area contributed by atoms with Crippen LogP contribution in [0.15, 0.2) is 24.3 Å². The van der Waals surface area contributed by atoms with E-state index in [1.54, 1.807) is 12.1 Å². The summed E-state index contributed by atoms with van der Waals surface area (Å²) < 4.78 is 0. The maximum Gasteiger partial charge on any atom is 0.251 e. The van der Waals surface area contributed by atoms with Crippen molar-refractivity contribution in [3.63, 3.8) is 0 Å². The molecule has 1 rings (SSSR count). The molecule has 1 unspecified atom stereocenters. The van der Waals surface area contributed by atoms with Crippen LogP contribution < -0.4 is 5.32 Å². The van der Waals surface area contributed by atoms with Gasteiger partial charge in [-0.25, -0.2) is 0 Å². The first-order valence-electron chi connectivity index (χ1n) is 5.59. The highest BCUT2D eigenvalue weighted by atomic mass is 16.3. The molecule has 1 atom stereocenters. The largest absolute Gasteiger partial charge is 0.508 e. The maximum absolute atomic E-state index is 11.8. The predicted molar refractivity (Wildman–Crippen MR) is 64.5 cm³/mol. The van der Waals surface area contributed by atoms with Crippen LogP contribution in [-0.4, -0.2) is 17.1 Å². The molecular formula is C13H19NO2. The van der Waals surface area contributed by atoms with Gasteiger partial charge in [-0.15, -0.1) is 0 Å². The zero-order chi connectivity index (χ0) is 12.1. The first-order valence-corrected chi connectivity index (χ1v) is 5.59. The van der Waals surface area contributed by atoms with Gasteiger partial charge in [0.2, 0.25) is 0 Å². The molecule has 0 aliphatic carbocycles. The van der Waals surface area contributed by atoms with Crippen molar-refractivity contribution in [2.75, 3.05) is 0 Å². The molecule has 3 heteroatoms. The SMILES string of the molecule is CC(C)CC(C)NC(=O)c1ccc(O)cc1. The number of amides is 1. The molecule has 0 fully saturated rings. The van der Waals surface area contributed by atoms with Gasteiger partial charge in [-0.05, 0) is 43.5 Å². The summed E-state index contributed by atoms with van der Waals surface area (Å²) in [6.07, 6.45) is 0.962. The van der Waals surface area contributed by atoms with Crippen LogP contribution in [0, 0.1) is 5.92 Å². The number of aromatic hydroxyl groups is 1. The minimum absolute atomic E-state index is 0.0897. The third kappa shape index (κ3) is 3.93. The van der Waals surface area contributed by atoms with Gasteiger partial charge in [0.15, 0.2) is 0 Å². The lowest BCUT2D eigenvalue weighted by Crippen LogP contribution is -2.33. The predicted octanol–water partition coefficient (Wildman–Crippen LogP) is 2.56. The van der Waals surface area contributed by atoms with E-state index >= 15 is 0 Å². The normalized spacial score (nSPS) is 12.5. The molecule has 0 saturated heterocycles. The first-order chi connectivity index (χ1) is 7.49. The highest BCUT2D eigenvalue weighted by Crippen LogP contribution is 2.10. The van der Waals surface area contributed by atoms with Crippen LogP contribution in [0.5, 0.6) is 5.75 Å². The summed E-state index contributed by atoms with van der Waals surface area (Å²) in [6, 6.07) is 6.44. The average molecular weight is 221 g/mol. The Kier molecular flexibility index (Phi) is 4.35. The molecule has 88 valence electrons. The molecule has 1 aromatic rings. The van der Waals surface area contributed by atoms with Gasteiger partial charge in [0.05, 0.1) is 0 Å². The summed E-state index contributed by atoms with van der Waals surface area (Å²) in [7, 11) is 0. The molecular weight excluding hydrogens is 202 g/mol. The van der Waals surface area contributed by atoms with E-state index in [9.17, 15) is 4.79 Å². The second-order valence-electron chi connectivity index (χ2n) is 4.55. The van der Waals surface area contributed by atoms with Crippen LogP contribution in [-0.2, 0) is 0 Å². The van der Waals surface area contributed by atoms with E-state index in [0.717, 1.165) is 6.42 Å². The molecule has 1 amide bonds. The molecule has 1 aromatic carbocycles. The van der Waals surface area contributed by atoms with Crippen LogP contribution in [0.3, 0.4) is 0 Å². The molecule has 0 aromatic heterocycles. The zero-order valence-electron chi connectivity index (χ0n) is 10.0. The molecule has 0 spiro atoms. The lowest BCUT2D eigenvalue weighted by atomic mass is 10.0. The van der Waals surface area contributed by atoms with Crippen LogP contribution in [0.25, 0.3) is 0 Å². The molecule has 2 N–H and O–H groups in total. The van der Waals surface area contributed by atoms with E-state index in [4.69, 9.17) is 5.11 Å². The summed E-state index contributed by atoms with van der Waals surface area (Å²) >= 11 is 0. The van der Waals surface area contributed by atoms with Crippen molar-refractivity contribution in [1.82, 2.24) is 5.32 Å². The highest BCUT2D eigenvalue weighted by Gasteiger charge is 2.10. The molecule has 0 bridgehead atoms. The van der Waals surface area contributed by atoms with Crippen molar-refractivity contribution in [2.45, 2.75) is 33.2 Å². The second-order valence-corrected chi connectivity index (χ2v) is 4.55. The summed E-state index contributed by atoms with van der Waals surface area (Å²) in [5, 5.41) is 12.0. The first kappa shape index (κ1) is 12.6. The van der Waals surface area contributed by atoms with Gasteiger partial charge < -0.3 is 10.4 Å². The van der Waals surface area contributed by atoms with Gasteiger partial charge in [-0.3, -0.25) is 4.79 Å². The Morgan fingerprint density at radius 3 is 2.31 bits per heavy atom. The minimum atomic E-state index is -0.0897. The fourth-order valence-corrected chi connectivity index (χ4v) is 1.69. The van der Waals surface area contributed by atoms with Crippen LogP contribution in [0.4, 0.5) is 0 Å². The monoisotopic (exact) mass is 221 g/mol. The number of carbonyl (C=O) groups excluding carboxylic acids is 1. The van der Waals surface area contributed by atoms with Gasteiger partial charge in [0, 0.05) is 11.6 Å². The van der Waals surface area contributed by atoms with Crippen molar-refractivity contribution in [1.29, 1.82) is 0 Å². The lowest BCUT2D eigenvalue weighted by Gasteiger charge is -2.15. The van der Waals surface area contributed by atoms with Gasteiger partial charge >= 0.3 is 0 Å². The molecule has 3 nitrogen and oxygen atoms in total. The van der Waals surface area contributed by atoms with Crippen molar-refractivity contribution in [3.8, 4) is 5.75 Å². The standard InChI is InChI=1S/C13H19NO2/c1-9(2)8-10(3)14-13(16)11-4-6-12(15)7-5-11/h4-7,9-10,15H,8H2,1-3H3,(H,14,16). The maximum atomic E-state index is 11.8. The summed E-state index contributed by atoms with van der Waals surface area (Å²) in [5.74, 6) is 0.648. The van der Waals surface area contributed by atoms with Gasteiger partial charge in [0.25, 0.3) is 5.91 Å². The molecule has 0 saturated carbocycles. The van der Waals surface area contributed by atoms with E-state index in [2.05, 4.69) is 19.2 Å². The number of phenols is 1. The Morgan fingerprint density at radius 2 is 1.81 bits per heavy atom. The van der Waals surface area contributed by atoms with Gasteiger partial charge in [-0.1, -0.05) is 13.8 Å². The Morgan fingerprint density at radius 1 is 1.25 bits per heavy atom. The zero-order valence-corrected chi connectivity index (χ0v) is 10.0. The number of hydrogen-bond acceptors (Lipinski definition) is 2. The number of benzene rings is 1. The molecule has 0 heterocycles. The molecule has 0 aliphatic heterocycles.